The van der Waals surface area contributed by atoms with Gasteiger partial charge in [-0.1, -0.05) is 194 Å². The van der Waals surface area contributed by atoms with Gasteiger partial charge in [-0.05, 0) is 38.7 Å². The van der Waals surface area contributed by atoms with Gasteiger partial charge >= 0.3 is 18.0 Å². The number of nitrogens with one attached hydrogen (secondary N) is 1. The first kappa shape index (κ1) is 69.8. The fraction of sp³-hybridized carbons (Fsp3) is 0.944. The topological polar surface area (TPSA) is 146 Å². The van der Waals surface area contributed by atoms with Gasteiger partial charge in [0.15, 0.2) is 9.03 Å². The number of hydrogen-bond acceptors (Lipinski definition) is 13. The molecule has 0 saturated heterocycles. The van der Waals surface area contributed by atoms with Gasteiger partial charge in [-0.3, -0.25) is 9.59 Å². The maximum absolute atomic E-state index is 12.1. The van der Waals surface area contributed by atoms with Crippen molar-refractivity contribution in [3.05, 3.63) is 0 Å². The zero-order valence-electron chi connectivity index (χ0n) is 45.4. The number of alkyl carbamates (subject to hydrolysis) is 1. The Morgan fingerprint density at radius 1 is 0.435 bits per heavy atom. The largest absolute Gasteiger partial charge is 0.469 e. The van der Waals surface area contributed by atoms with Crippen LogP contribution in [0.3, 0.4) is 0 Å². The van der Waals surface area contributed by atoms with E-state index in [1.165, 1.54) is 193 Å². The number of carbonyl (C=O) groups is 3. The van der Waals surface area contributed by atoms with Crippen molar-refractivity contribution >= 4 is 39.1 Å². The van der Waals surface area contributed by atoms with Crippen molar-refractivity contribution in [3.63, 3.8) is 0 Å². The van der Waals surface area contributed by atoms with Gasteiger partial charge in [0, 0.05) is 25.0 Å². The summed E-state index contributed by atoms with van der Waals surface area (Å²) < 4.78 is 47.2. The summed E-state index contributed by atoms with van der Waals surface area (Å²) in [6.07, 6.45) is 41.1. The molecule has 0 aliphatic carbocycles. The quantitative estimate of drug-likeness (QED) is 0.0203. The number of ether oxygens (including phenoxy) is 6. The summed E-state index contributed by atoms with van der Waals surface area (Å²) in [7, 11) is 2.93. The van der Waals surface area contributed by atoms with Gasteiger partial charge in [-0.25, -0.2) is 4.79 Å². The molecule has 1 atom stereocenters. The molecule has 0 fully saturated rings. The maximum Gasteiger partial charge on any atom is 0.407 e. The van der Waals surface area contributed by atoms with E-state index < -0.39 is 11.6 Å². The fourth-order valence-electron chi connectivity index (χ4n) is 7.33. The van der Waals surface area contributed by atoms with E-state index in [1.54, 1.807) is 7.11 Å². The smallest absolute Gasteiger partial charge is 0.407 e. The molecule has 0 aromatic heterocycles. The standard InChI is InChI=1S/C35H70NO10PS.C19H38O2/c1-5-6-7-8-9-10-11-12-13-14-15-16-17-18-19-21-33(37)43-22-20-23-45-47-46-32-35(2,3)36-34(38)44-29-28-41-25-24-40-26-27-42-30-31-48-39-4;1-3-4-5-6-7-8-9-10-11-12-13-14-15-16-17-18-19(20)21-2/h47H,5-32H2,1-4H3,(H,36,38);3-18H2,1-2H3. The number of carbonyl (C=O) groups excluding carboxylic acids is 3. The summed E-state index contributed by atoms with van der Waals surface area (Å²) in [6, 6.07) is 0. The third-order valence-corrected chi connectivity index (χ3v) is 12.6. The van der Waals surface area contributed by atoms with Crippen LogP contribution in [-0.2, 0) is 51.2 Å². The lowest BCUT2D eigenvalue weighted by Gasteiger charge is -2.25. The van der Waals surface area contributed by atoms with Crippen LogP contribution >= 0.6 is 21.1 Å². The third-order valence-electron chi connectivity index (χ3n) is 11.5. The van der Waals surface area contributed by atoms with Crippen molar-refractivity contribution in [3.8, 4) is 0 Å². The summed E-state index contributed by atoms with van der Waals surface area (Å²) in [6.45, 7) is 12.2. The molecule has 1 amide bonds. The monoisotopic (exact) mass is 1030 g/mol. The number of unbranched alkanes of at least 4 members (excludes halogenated alkanes) is 28. The predicted molar refractivity (Wildman–Crippen MR) is 287 cm³/mol. The Hall–Kier alpha value is -1.25. The minimum Gasteiger partial charge on any atom is -0.469 e. The van der Waals surface area contributed by atoms with Crippen molar-refractivity contribution in [2.24, 2.45) is 0 Å². The van der Waals surface area contributed by atoms with Crippen molar-refractivity contribution in [1.29, 1.82) is 0 Å². The Balaban J connectivity index is 0. The molecule has 0 saturated carbocycles. The Kier molecular flexibility index (Phi) is 60.0. The van der Waals surface area contributed by atoms with Gasteiger partial charge in [0.2, 0.25) is 0 Å². The predicted octanol–water partition coefficient (Wildman–Crippen LogP) is 15.0. The number of rotatable bonds is 54. The molecule has 0 aromatic rings. The van der Waals surface area contributed by atoms with Crippen molar-refractivity contribution in [2.45, 2.75) is 245 Å². The molecule has 1 N–H and O–H groups in total. The van der Waals surface area contributed by atoms with Crippen molar-refractivity contribution in [1.82, 2.24) is 5.32 Å². The first-order chi connectivity index (χ1) is 33.7. The summed E-state index contributed by atoms with van der Waals surface area (Å²) in [5.41, 5.74) is -0.630. The highest BCUT2D eigenvalue weighted by molar-refractivity contribution is 7.94. The second-order valence-electron chi connectivity index (χ2n) is 18.7. The molecule has 0 bridgehead atoms. The lowest BCUT2D eigenvalue weighted by molar-refractivity contribution is -0.144. The minimum absolute atomic E-state index is 0.0651. The van der Waals surface area contributed by atoms with Gasteiger partial charge < -0.3 is 47.0 Å². The Morgan fingerprint density at radius 3 is 1.25 bits per heavy atom. The molecular formula is C54H108NO12PS. The minimum atomic E-state index is -0.630. The molecule has 69 heavy (non-hydrogen) atoms. The van der Waals surface area contributed by atoms with Crippen LogP contribution in [0.1, 0.15) is 240 Å². The number of hydrogen-bond donors (Lipinski definition) is 1. The average Bonchev–Trinajstić information content (AvgIpc) is 3.33. The van der Waals surface area contributed by atoms with E-state index in [2.05, 4.69) is 23.9 Å². The molecule has 0 aromatic carbocycles. The average molecular weight is 1030 g/mol. The van der Waals surface area contributed by atoms with Crippen molar-refractivity contribution in [2.75, 3.05) is 86.0 Å². The zero-order chi connectivity index (χ0) is 50.8. The SMILES string of the molecule is CCCCCCCCCCCCCCCCCC(=O)OC.CCCCCCCCCCCCCCCCCC(=O)OCCCOPOCC(C)(C)NC(=O)OCCOCCOCCOCCSOC. The van der Waals surface area contributed by atoms with Gasteiger partial charge in [-0.15, -0.1) is 0 Å². The second-order valence-corrected chi connectivity index (χ2v) is 20.5. The molecule has 1 unspecified atom stereocenters. The molecule has 0 aliphatic rings. The highest BCUT2D eigenvalue weighted by Crippen LogP contribution is 2.19. The summed E-state index contributed by atoms with van der Waals surface area (Å²) in [5.74, 6) is 0.589. The number of esters is 2. The molecule has 0 heterocycles. The van der Waals surface area contributed by atoms with E-state index in [9.17, 15) is 14.4 Å². The van der Waals surface area contributed by atoms with Gasteiger partial charge in [-0.2, -0.15) is 0 Å². The van der Waals surface area contributed by atoms with E-state index in [-0.39, 0.29) is 40.8 Å². The molecular weight excluding hydrogens is 918 g/mol. The summed E-state index contributed by atoms with van der Waals surface area (Å²) >= 11 is 1.36. The van der Waals surface area contributed by atoms with Crippen LogP contribution in [0, 0.1) is 0 Å². The van der Waals surface area contributed by atoms with E-state index >= 15 is 0 Å². The maximum atomic E-state index is 12.1. The van der Waals surface area contributed by atoms with Crippen LogP contribution in [0.2, 0.25) is 0 Å². The highest BCUT2D eigenvalue weighted by atomic mass is 32.2. The fourth-order valence-corrected chi connectivity index (χ4v) is 8.41. The van der Waals surface area contributed by atoms with Gasteiger partial charge in [0.1, 0.15) is 6.61 Å². The number of amides is 1. The Morgan fingerprint density at radius 2 is 0.826 bits per heavy atom. The van der Waals surface area contributed by atoms with Crippen LogP contribution in [0.5, 0.6) is 0 Å². The summed E-state index contributed by atoms with van der Waals surface area (Å²) in [4.78, 5) is 34.9. The highest BCUT2D eigenvalue weighted by Gasteiger charge is 2.22. The first-order valence-electron chi connectivity index (χ1n) is 27.8. The van der Waals surface area contributed by atoms with Crippen LogP contribution in [-0.4, -0.2) is 110 Å². The third kappa shape index (κ3) is 62.8. The number of methoxy groups -OCH3 is 1. The Bertz CT molecular complexity index is 1060. The van der Waals surface area contributed by atoms with Crippen LogP contribution < -0.4 is 5.32 Å². The van der Waals surface area contributed by atoms with Crippen LogP contribution in [0.15, 0.2) is 0 Å². The molecule has 15 heteroatoms. The van der Waals surface area contributed by atoms with Gasteiger partial charge in [0.05, 0.1) is 79.2 Å². The van der Waals surface area contributed by atoms with Crippen LogP contribution in [0.4, 0.5) is 4.79 Å². The normalized spacial score (nSPS) is 11.5. The van der Waals surface area contributed by atoms with Crippen LogP contribution in [0.25, 0.3) is 0 Å². The molecule has 0 aliphatic heterocycles. The molecule has 412 valence electrons. The van der Waals surface area contributed by atoms with E-state index in [1.807, 2.05) is 13.8 Å². The molecule has 0 radical (unpaired) electrons. The second kappa shape index (κ2) is 59.3. The van der Waals surface area contributed by atoms with E-state index in [0.717, 1.165) is 25.0 Å². The van der Waals surface area contributed by atoms with Gasteiger partial charge in [0.25, 0.3) is 0 Å². The first-order valence-corrected chi connectivity index (χ1v) is 29.5. The summed E-state index contributed by atoms with van der Waals surface area (Å²) in [5, 5.41) is 2.77. The zero-order valence-corrected chi connectivity index (χ0v) is 47.2. The van der Waals surface area contributed by atoms with Crippen molar-refractivity contribution < 1.29 is 56.0 Å². The van der Waals surface area contributed by atoms with E-state index in [0.29, 0.717) is 65.5 Å². The Labute approximate surface area is 430 Å². The lowest BCUT2D eigenvalue weighted by Crippen LogP contribution is -2.47. The van der Waals surface area contributed by atoms with E-state index in [4.69, 9.17) is 36.9 Å². The molecule has 0 spiro atoms. The lowest BCUT2D eigenvalue weighted by atomic mass is 10.0. The molecule has 0 rings (SSSR count). The molecule has 13 nitrogen and oxygen atoms in total.